The van der Waals surface area contributed by atoms with E-state index in [0.29, 0.717) is 6.04 Å². The molecule has 1 fully saturated rings. The first kappa shape index (κ1) is 23.1. The zero-order valence-electron chi connectivity index (χ0n) is 17.1. The van der Waals surface area contributed by atoms with Crippen LogP contribution in [-0.2, 0) is 6.54 Å². The lowest BCUT2D eigenvalue weighted by Crippen LogP contribution is -2.48. The molecule has 1 aliphatic rings. The Morgan fingerprint density at radius 1 is 1.25 bits per heavy atom. The summed E-state index contributed by atoms with van der Waals surface area (Å²) in [4.78, 5) is 13.0. The van der Waals surface area contributed by atoms with Crippen LogP contribution >= 0.6 is 35.3 Å². The number of hydrogen-bond acceptors (Lipinski definition) is 4. The number of nitrogens with one attached hydrogen (secondary N) is 2. The molecule has 0 amide bonds. The molecule has 154 valence electrons. The lowest BCUT2D eigenvalue weighted by atomic mass is 10.1. The summed E-state index contributed by atoms with van der Waals surface area (Å²) in [5.41, 5.74) is 2.27. The van der Waals surface area contributed by atoms with Gasteiger partial charge in [-0.1, -0.05) is 37.3 Å². The van der Waals surface area contributed by atoms with Gasteiger partial charge in [0.1, 0.15) is 5.01 Å². The second-order valence-electron chi connectivity index (χ2n) is 7.08. The molecule has 28 heavy (non-hydrogen) atoms. The van der Waals surface area contributed by atoms with E-state index >= 15 is 0 Å². The Hall–Kier alpha value is -1.19. The quantitative estimate of drug-likeness (QED) is 0.344. The molecule has 1 aliphatic heterocycles. The number of halogens is 1. The second kappa shape index (κ2) is 11.7. The summed E-state index contributed by atoms with van der Waals surface area (Å²) in [5.74, 6) is 0.887. The van der Waals surface area contributed by atoms with E-state index in [-0.39, 0.29) is 24.0 Å². The molecule has 2 N–H and O–H groups in total. The van der Waals surface area contributed by atoms with Gasteiger partial charge < -0.3 is 15.5 Å². The minimum atomic E-state index is 0. The highest BCUT2D eigenvalue weighted by Crippen LogP contribution is 2.27. The van der Waals surface area contributed by atoms with Gasteiger partial charge in [0.05, 0.1) is 12.2 Å². The molecule has 0 bridgehead atoms. The summed E-state index contributed by atoms with van der Waals surface area (Å²) >= 11 is 1.75. The molecule has 0 spiro atoms. The highest BCUT2D eigenvalue weighted by atomic mass is 127. The monoisotopic (exact) mass is 513 g/mol. The van der Waals surface area contributed by atoms with Crippen LogP contribution in [0.15, 0.2) is 35.3 Å². The van der Waals surface area contributed by atoms with E-state index in [1.54, 1.807) is 11.3 Å². The van der Waals surface area contributed by atoms with E-state index < -0.39 is 0 Å². The number of aliphatic imine (C=N–C) groups is 1. The molecule has 2 aromatic rings. The van der Waals surface area contributed by atoms with Crippen LogP contribution in [0.4, 0.5) is 0 Å². The molecule has 0 radical (unpaired) electrons. The Labute approximate surface area is 190 Å². The summed E-state index contributed by atoms with van der Waals surface area (Å²) in [5, 5.41) is 8.14. The van der Waals surface area contributed by atoms with Gasteiger partial charge in [0.15, 0.2) is 5.96 Å². The van der Waals surface area contributed by atoms with Crippen LogP contribution in [0.1, 0.15) is 36.8 Å². The van der Waals surface area contributed by atoms with Gasteiger partial charge in [0.25, 0.3) is 0 Å². The first-order valence-corrected chi connectivity index (χ1v) is 10.7. The lowest BCUT2D eigenvalue weighted by Gasteiger charge is -2.32. The third-order valence-corrected chi connectivity index (χ3v) is 6.23. The van der Waals surface area contributed by atoms with Crippen molar-refractivity contribution >= 4 is 41.3 Å². The average molecular weight is 513 g/mol. The maximum Gasteiger partial charge on any atom is 0.191 e. The number of aromatic nitrogens is 1. The Morgan fingerprint density at radius 3 is 2.61 bits per heavy atom. The number of benzene rings is 1. The van der Waals surface area contributed by atoms with Crippen molar-refractivity contribution in [2.24, 2.45) is 4.99 Å². The van der Waals surface area contributed by atoms with Crippen LogP contribution < -0.4 is 10.6 Å². The second-order valence-corrected chi connectivity index (χ2v) is 8.16. The molecule has 1 aromatic heterocycles. The fourth-order valence-corrected chi connectivity index (χ4v) is 4.47. The van der Waals surface area contributed by atoms with Crippen LogP contribution in [-0.4, -0.2) is 48.6 Å². The molecule has 7 heteroatoms. The average Bonchev–Trinajstić information content (AvgIpc) is 3.08. The third-order valence-electron chi connectivity index (χ3n) is 5.02. The number of guanidine groups is 1. The minimum absolute atomic E-state index is 0. The molecule has 5 nitrogen and oxygen atoms in total. The van der Waals surface area contributed by atoms with Crippen molar-refractivity contribution in [2.45, 2.75) is 45.7 Å². The van der Waals surface area contributed by atoms with Crippen LogP contribution in [0.3, 0.4) is 0 Å². The molecule has 1 aromatic carbocycles. The number of hydrogen-bond donors (Lipinski definition) is 2. The normalized spacial score (nSPS) is 15.9. The summed E-state index contributed by atoms with van der Waals surface area (Å²) < 4.78 is 0. The van der Waals surface area contributed by atoms with Crippen molar-refractivity contribution in [2.75, 3.05) is 26.7 Å². The first-order valence-electron chi connectivity index (χ1n) is 9.91. The molecule has 0 unspecified atom stereocenters. The van der Waals surface area contributed by atoms with Gasteiger partial charge in [-0.05, 0) is 32.7 Å². The molecular formula is C21H32IN5S. The van der Waals surface area contributed by atoms with Crippen molar-refractivity contribution in [1.82, 2.24) is 20.5 Å². The SMILES string of the molecule is CCCN1CCC(NC(=NC)NCc2sc(-c3ccccc3)nc2C)CC1.I. The Balaban J connectivity index is 0.00000280. The predicted octanol–water partition coefficient (Wildman–Crippen LogP) is 4.28. The number of piperidine rings is 1. The fraction of sp³-hybridized carbons (Fsp3) is 0.524. The van der Waals surface area contributed by atoms with E-state index in [0.717, 1.165) is 23.2 Å². The van der Waals surface area contributed by atoms with E-state index in [9.17, 15) is 0 Å². The zero-order chi connectivity index (χ0) is 19.1. The maximum atomic E-state index is 4.74. The topological polar surface area (TPSA) is 52.5 Å². The molecule has 0 aliphatic carbocycles. The van der Waals surface area contributed by atoms with Gasteiger partial charge in [0, 0.05) is 36.6 Å². The van der Waals surface area contributed by atoms with Crippen molar-refractivity contribution in [1.29, 1.82) is 0 Å². The third kappa shape index (κ3) is 6.42. The van der Waals surface area contributed by atoms with Crippen LogP contribution in [0.5, 0.6) is 0 Å². The largest absolute Gasteiger partial charge is 0.354 e. The molecule has 1 saturated heterocycles. The summed E-state index contributed by atoms with van der Waals surface area (Å²) in [6, 6.07) is 10.9. The first-order chi connectivity index (χ1) is 13.2. The van der Waals surface area contributed by atoms with Crippen LogP contribution in [0, 0.1) is 6.92 Å². The molecule has 0 saturated carbocycles. The summed E-state index contributed by atoms with van der Waals surface area (Å²) in [6.07, 6.45) is 3.59. The van der Waals surface area contributed by atoms with Gasteiger partial charge in [-0.25, -0.2) is 4.98 Å². The summed E-state index contributed by atoms with van der Waals surface area (Å²) in [7, 11) is 1.84. The van der Waals surface area contributed by atoms with Crippen molar-refractivity contribution in [3.05, 3.63) is 40.9 Å². The van der Waals surface area contributed by atoms with Crippen molar-refractivity contribution < 1.29 is 0 Å². The van der Waals surface area contributed by atoms with Crippen molar-refractivity contribution in [3.63, 3.8) is 0 Å². The summed E-state index contributed by atoms with van der Waals surface area (Å²) in [6.45, 7) is 8.66. The predicted molar refractivity (Wildman–Crippen MR) is 131 cm³/mol. The Kier molecular flexibility index (Phi) is 9.67. The van der Waals surface area contributed by atoms with E-state index in [1.165, 1.54) is 49.3 Å². The number of likely N-dealkylation sites (tertiary alicyclic amines) is 1. The standard InChI is InChI=1S/C21H31N5S.HI/c1-4-12-26-13-10-18(11-14-26)25-21(22-3)23-15-19-16(2)24-20(27-19)17-8-6-5-7-9-17;/h5-9,18H,4,10-15H2,1-3H3,(H2,22,23,25);1H. The fourth-order valence-electron chi connectivity index (χ4n) is 3.47. The Bertz CT molecular complexity index is 739. The van der Waals surface area contributed by atoms with Crippen LogP contribution in [0.2, 0.25) is 0 Å². The number of rotatable bonds is 6. The highest BCUT2D eigenvalue weighted by molar-refractivity contribution is 14.0. The smallest absolute Gasteiger partial charge is 0.191 e. The molecule has 2 heterocycles. The van der Waals surface area contributed by atoms with Gasteiger partial charge in [-0.2, -0.15) is 0 Å². The molecular weight excluding hydrogens is 481 g/mol. The molecule has 3 rings (SSSR count). The van der Waals surface area contributed by atoms with Gasteiger partial charge >= 0.3 is 0 Å². The zero-order valence-corrected chi connectivity index (χ0v) is 20.2. The number of aryl methyl sites for hydroxylation is 1. The van der Waals surface area contributed by atoms with Gasteiger partial charge in [-0.15, -0.1) is 35.3 Å². The lowest BCUT2D eigenvalue weighted by molar-refractivity contribution is 0.206. The number of nitrogens with zero attached hydrogens (tertiary/aromatic N) is 3. The van der Waals surface area contributed by atoms with Gasteiger partial charge in [0.2, 0.25) is 0 Å². The van der Waals surface area contributed by atoms with Gasteiger partial charge in [-0.3, -0.25) is 4.99 Å². The number of thiazole rings is 1. The maximum absolute atomic E-state index is 4.74. The minimum Gasteiger partial charge on any atom is -0.354 e. The van der Waals surface area contributed by atoms with E-state index in [2.05, 4.69) is 58.6 Å². The van der Waals surface area contributed by atoms with Crippen LogP contribution in [0.25, 0.3) is 10.6 Å². The van der Waals surface area contributed by atoms with Crippen molar-refractivity contribution in [3.8, 4) is 10.6 Å². The van der Waals surface area contributed by atoms with E-state index in [4.69, 9.17) is 4.98 Å². The Morgan fingerprint density at radius 2 is 1.96 bits per heavy atom. The molecule has 0 atom stereocenters. The van der Waals surface area contributed by atoms with E-state index in [1.807, 2.05) is 13.1 Å². The highest BCUT2D eigenvalue weighted by Gasteiger charge is 2.19.